The number of benzene rings is 1. The highest BCUT2D eigenvalue weighted by molar-refractivity contribution is 6.74. The minimum atomic E-state index is -1.75. The Labute approximate surface area is 167 Å². The Kier molecular flexibility index (Phi) is 9.65. The van der Waals surface area contributed by atoms with E-state index >= 15 is 0 Å². The molecular formula is C22H40O4Si. The molecule has 156 valence electrons. The highest BCUT2D eigenvalue weighted by Gasteiger charge is 2.37. The summed E-state index contributed by atoms with van der Waals surface area (Å²) >= 11 is 0. The molecule has 0 aromatic heterocycles. The summed E-state index contributed by atoms with van der Waals surface area (Å²) in [7, 11) is -1.75. The number of aliphatic hydroxyl groups excluding tert-OH is 2. The molecule has 0 heterocycles. The molecular weight excluding hydrogens is 356 g/mol. The van der Waals surface area contributed by atoms with Gasteiger partial charge in [0.25, 0.3) is 0 Å². The standard InChI is InChI=1S/C22H40O4Si/c1-17(15-26-27(6,7)22(3,4)5)13-18(2)21(20(24)14-23)25-16-19-11-9-8-10-12-19/h8-12,17-18,20-21,23-24H,13-16H2,1-7H3/t17-,18+,20-,21-/m1/s1. The third kappa shape index (κ3) is 8.04. The quantitative estimate of drug-likeness (QED) is 0.536. The molecule has 4 atom stereocenters. The predicted molar refractivity (Wildman–Crippen MR) is 114 cm³/mol. The Morgan fingerprint density at radius 2 is 1.67 bits per heavy atom. The van der Waals surface area contributed by atoms with Crippen LogP contribution in [0.15, 0.2) is 30.3 Å². The van der Waals surface area contributed by atoms with Crippen LogP contribution in [-0.2, 0) is 15.8 Å². The zero-order valence-electron chi connectivity index (χ0n) is 18.2. The van der Waals surface area contributed by atoms with Gasteiger partial charge in [0.15, 0.2) is 8.32 Å². The summed E-state index contributed by atoms with van der Waals surface area (Å²) in [6, 6.07) is 9.92. The third-order valence-corrected chi connectivity index (χ3v) is 10.2. The van der Waals surface area contributed by atoms with Crippen molar-refractivity contribution >= 4 is 8.32 Å². The minimum Gasteiger partial charge on any atom is -0.417 e. The van der Waals surface area contributed by atoms with Crippen molar-refractivity contribution in [3.63, 3.8) is 0 Å². The first-order valence-electron chi connectivity index (χ1n) is 10.1. The number of hydrogen-bond acceptors (Lipinski definition) is 4. The number of hydrogen-bond donors (Lipinski definition) is 2. The van der Waals surface area contributed by atoms with Crippen molar-refractivity contribution in [3.8, 4) is 0 Å². The van der Waals surface area contributed by atoms with Gasteiger partial charge in [-0.2, -0.15) is 0 Å². The Bertz CT molecular complexity index is 527. The Morgan fingerprint density at radius 3 is 2.19 bits per heavy atom. The molecule has 4 nitrogen and oxygen atoms in total. The molecule has 0 fully saturated rings. The van der Waals surface area contributed by atoms with Gasteiger partial charge in [-0.05, 0) is 42.0 Å². The molecule has 0 unspecified atom stereocenters. The lowest BCUT2D eigenvalue weighted by atomic mass is 9.90. The normalized spacial score (nSPS) is 17.4. The first-order chi connectivity index (χ1) is 12.5. The second-order valence-electron chi connectivity index (χ2n) is 9.40. The first kappa shape index (κ1) is 24.3. The molecule has 0 saturated heterocycles. The fraction of sp³-hybridized carbons (Fsp3) is 0.727. The molecule has 0 amide bonds. The number of ether oxygens (including phenoxy) is 1. The lowest BCUT2D eigenvalue weighted by molar-refractivity contribution is -0.0930. The second-order valence-corrected chi connectivity index (χ2v) is 14.2. The van der Waals surface area contributed by atoms with Crippen LogP contribution < -0.4 is 0 Å². The van der Waals surface area contributed by atoms with Crippen molar-refractivity contribution < 1.29 is 19.4 Å². The van der Waals surface area contributed by atoms with Gasteiger partial charge in [0.1, 0.15) is 6.10 Å². The summed E-state index contributed by atoms with van der Waals surface area (Å²) in [4.78, 5) is 0. The SMILES string of the molecule is C[C@@H](CO[Si](C)(C)C(C)(C)C)C[C@H](C)[C@@H](OCc1ccccc1)[C@H](O)CO. The molecule has 0 saturated carbocycles. The van der Waals surface area contributed by atoms with Crippen LogP contribution in [0.25, 0.3) is 0 Å². The summed E-state index contributed by atoms with van der Waals surface area (Å²) in [6.45, 7) is 16.4. The van der Waals surface area contributed by atoms with Crippen molar-refractivity contribution in [2.24, 2.45) is 11.8 Å². The fourth-order valence-electron chi connectivity index (χ4n) is 2.93. The van der Waals surface area contributed by atoms with Gasteiger partial charge in [-0.1, -0.05) is 65.0 Å². The Morgan fingerprint density at radius 1 is 1.07 bits per heavy atom. The van der Waals surface area contributed by atoms with Crippen molar-refractivity contribution in [1.82, 2.24) is 0 Å². The van der Waals surface area contributed by atoms with Crippen molar-refractivity contribution in [1.29, 1.82) is 0 Å². The van der Waals surface area contributed by atoms with E-state index in [1.54, 1.807) is 0 Å². The van der Waals surface area contributed by atoms with Gasteiger partial charge in [0.2, 0.25) is 0 Å². The van der Waals surface area contributed by atoms with Gasteiger partial charge in [-0.3, -0.25) is 0 Å². The lowest BCUT2D eigenvalue weighted by Crippen LogP contribution is -2.42. The zero-order chi connectivity index (χ0) is 20.7. The van der Waals surface area contributed by atoms with Crippen molar-refractivity contribution in [2.75, 3.05) is 13.2 Å². The fourth-order valence-corrected chi connectivity index (χ4v) is 4.06. The van der Waals surface area contributed by atoms with E-state index in [1.807, 2.05) is 30.3 Å². The monoisotopic (exact) mass is 396 g/mol. The second kappa shape index (κ2) is 10.7. The van der Waals surface area contributed by atoms with Gasteiger partial charge < -0.3 is 19.4 Å². The van der Waals surface area contributed by atoms with Gasteiger partial charge >= 0.3 is 0 Å². The van der Waals surface area contributed by atoms with Gasteiger partial charge in [0, 0.05) is 6.61 Å². The van der Waals surface area contributed by atoms with Crippen molar-refractivity contribution in [3.05, 3.63) is 35.9 Å². The Hall–Kier alpha value is -0.723. The van der Waals surface area contributed by atoms with Crippen LogP contribution in [0.1, 0.15) is 46.6 Å². The van der Waals surface area contributed by atoms with E-state index < -0.39 is 20.5 Å². The molecule has 27 heavy (non-hydrogen) atoms. The summed E-state index contributed by atoms with van der Waals surface area (Å²) in [5.41, 5.74) is 1.06. The summed E-state index contributed by atoms with van der Waals surface area (Å²) in [6.07, 6.45) is -0.395. The highest BCUT2D eigenvalue weighted by Crippen LogP contribution is 2.37. The van der Waals surface area contributed by atoms with E-state index in [-0.39, 0.29) is 17.6 Å². The first-order valence-corrected chi connectivity index (χ1v) is 13.0. The number of aliphatic hydroxyl groups is 2. The molecule has 1 aromatic rings. The van der Waals surface area contributed by atoms with Crippen LogP contribution >= 0.6 is 0 Å². The maximum atomic E-state index is 10.2. The minimum absolute atomic E-state index is 0.119. The average Bonchev–Trinajstić information content (AvgIpc) is 2.59. The van der Waals surface area contributed by atoms with Crippen LogP contribution in [0.5, 0.6) is 0 Å². The molecule has 1 aromatic carbocycles. The third-order valence-electron chi connectivity index (χ3n) is 5.72. The smallest absolute Gasteiger partial charge is 0.191 e. The van der Waals surface area contributed by atoms with E-state index in [9.17, 15) is 10.2 Å². The largest absolute Gasteiger partial charge is 0.417 e. The zero-order valence-corrected chi connectivity index (χ0v) is 19.2. The highest BCUT2D eigenvalue weighted by atomic mass is 28.4. The van der Waals surface area contributed by atoms with E-state index in [1.165, 1.54) is 0 Å². The number of rotatable bonds is 11. The average molecular weight is 397 g/mol. The topological polar surface area (TPSA) is 58.9 Å². The molecule has 0 bridgehead atoms. The van der Waals surface area contributed by atoms with Crippen LogP contribution in [-0.4, -0.2) is 44.0 Å². The van der Waals surface area contributed by atoms with E-state index in [2.05, 4.69) is 47.7 Å². The molecule has 5 heteroatoms. The van der Waals surface area contributed by atoms with Gasteiger partial charge in [-0.15, -0.1) is 0 Å². The van der Waals surface area contributed by atoms with Crippen molar-refractivity contribution in [2.45, 2.75) is 78.0 Å². The van der Waals surface area contributed by atoms with E-state index in [0.717, 1.165) is 18.6 Å². The molecule has 1 rings (SSSR count). The molecule has 0 spiro atoms. The summed E-state index contributed by atoms with van der Waals surface area (Å²) < 4.78 is 12.3. The molecule has 0 aliphatic heterocycles. The van der Waals surface area contributed by atoms with E-state index in [0.29, 0.717) is 12.5 Å². The van der Waals surface area contributed by atoms with E-state index in [4.69, 9.17) is 9.16 Å². The molecule has 0 aliphatic carbocycles. The predicted octanol–water partition coefficient (Wildman–Crippen LogP) is 4.61. The summed E-state index contributed by atoms with van der Waals surface area (Å²) in [5.74, 6) is 0.483. The van der Waals surface area contributed by atoms with Gasteiger partial charge in [-0.25, -0.2) is 0 Å². The van der Waals surface area contributed by atoms with Crippen LogP contribution in [0.3, 0.4) is 0 Å². The maximum Gasteiger partial charge on any atom is 0.191 e. The molecule has 0 aliphatic rings. The van der Waals surface area contributed by atoms with Crippen LogP contribution in [0, 0.1) is 11.8 Å². The van der Waals surface area contributed by atoms with Crippen LogP contribution in [0.4, 0.5) is 0 Å². The summed E-state index contributed by atoms with van der Waals surface area (Å²) in [5, 5.41) is 19.9. The molecule has 0 radical (unpaired) electrons. The van der Waals surface area contributed by atoms with Gasteiger partial charge in [0.05, 0.1) is 19.3 Å². The molecule has 2 N–H and O–H groups in total. The van der Waals surface area contributed by atoms with Crippen LogP contribution in [0.2, 0.25) is 18.1 Å². The Balaban J connectivity index is 2.60. The lowest BCUT2D eigenvalue weighted by Gasteiger charge is -2.37. The maximum absolute atomic E-state index is 10.2.